The lowest BCUT2D eigenvalue weighted by molar-refractivity contribution is -0.143. The summed E-state index contributed by atoms with van der Waals surface area (Å²) in [6.45, 7) is 4.95. The highest BCUT2D eigenvalue weighted by molar-refractivity contribution is 5.76. The van der Waals surface area contributed by atoms with Crippen molar-refractivity contribution in [3.63, 3.8) is 0 Å². The van der Waals surface area contributed by atoms with Crippen LogP contribution in [0.4, 0.5) is 0 Å². The molecule has 6 heteroatoms. The number of rotatable bonds is 71. The van der Waals surface area contributed by atoms with E-state index >= 15 is 0 Å². The monoisotopic (exact) mass is 1150 g/mol. The van der Waals surface area contributed by atoms with Gasteiger partial charge in [0.2, 0.25) is 5.91 Å². The molecule has 0 aliphatic carbocycles. The molecule has 2 atom stereocenters. The van der Waals surface area contributed by atoms with E-state index < -0.39 is 12.1 Å². The molecule has 0 rings (SSSR count). The van der Waals surface area contributed by atoms with Crippen molar-refractivity contribution in [2.45, 2.75) is 437 Å². The average Bonchev–Trinajstić information content (AvgIpc) is 3.48. The standard InChI is InChI=1S/C76H147NO5/c1-3-5-7-9-11-13-15-17-19-21-23-24-29-33-36-40-44-48-52-56-60-64-68-74(79)73(72-78)77-75(80)69-65-61-57-53-49-45-41-37-34-30-27-25-26-28-31-35-39-43-47-51-55-59-63-67-71-82-76(81)70-66-62-58-54-50-46-42-38-32-22-20-18-16-14-12-10-8-6-4-2/h27,30,64,68,73-74,78-79H,3-26,28-29,31-63,65-67,69-72H2,1-2H3,(H,77,80)/b30-27-,68-64+. The van der Waals surface area contributed by atoms with Crippen LogP contribution in [0, 0.1) is 0 Å². The molecular formula is C76H147NO5. The minimum Gasteiger partial charge on any atom is -0.466 e. The van der Waals surface area contributed by atoms with Gasteiger partial charge in [-0.05, 0) is 57.8 Å². The number of carbonyl (C=O) groups is 2. The minimum absolute atomic E-state index is 0.0179. The van der Waals surface area contributed by atoms with Gasteiger partial charge in [-0.1, -0.05) is 378 Å². The Balaban J connectivity index is 3.40. The molecule has 1 amide bonds. The number of aliphatic hydroxyl groups is 2. The van der Waals surface area contributed by atoms with Crippen molar-refractivity contribution in [1.29, 1.82) is 0 Å². The molecule has 0 aliphatic heterocycles. The first-order valence-electron chi connectivity index (χ1n) is 37.6. The van der Waals surface area contributed by atoms with Crippen LogP contribution in [-0.2, 0) is 14.3 Å². The van der Waals surface area contributed by atoms with Gasteiger partial charge in [-0.2, -0.15) is 0 Å². The second-order valence-corrected chi connectivity index (χ2v) is 26.0. The molecule has 0 aromatic carbocycles. The van der Waals surface area contributed by atoms with Crippen molar-refractivity contribution in [3.8, 4) is 0 Å². The Morgan fingerprint density at radius 3 is 0.866 bits per heavy atom. The predicted molar refractivity (Wildman–Crippen MR) is 361 cm³/mol. The smallest absolute Gasteiger partial charge is 0.305 e. The first-order valence-corrected chi connectivity index (χ1v) is 37.6. The number of hydrogen-bond donors (Lipinski definition) is 3. The number of allylic oxidation sites excluding steroid dienone is 3. The fourth-order valence-corrected chi connectivity index (χ4v) is 12.0. The van der Waals surface area contributed by atoms with E-state index in [4.69, 9.17) is 4.74 Å². The summed E-state index contributed by atoms with van der Waals surface area (Å²) in [6, 6.07) is -0.632. The van der Waals surface area contributed by atoms with Gasteiger partial charge in [-0.3, -0.25) is 9.59 Å². The SMILES string of the molecule is CCCCCCCCCCCCCCCCCCCCCC/C=C/C(O)C(CO)NC(=O)CCCCCCCCCC/C=C\CCCCCCCCCCCCCCOC(=O)CCCCCCCCCCCCCCCCCCCCC. The van der Waals surface area contributed by atoms with E-state index in [2.05, 4.69) is 31.3 Å². The number of aliphatic hydroxyl groups excluding tert-OH is 2. The normalized spacial score (nSPS) is 12.6. The molecule has 0 aromatic rings. The minimum atomic E-state index is -0.849. The summed E-state index contributed by atoms with van der Waals surface area (Å²) in [7, 11) is 0. The quantitative estimate of drug-likeness (QED) is 0.0320. The highest BCUT2D eigenvalue weighted by Gasteiger charge is 2.18. The first-order chi connectivity index (χ1) is 40.5. The van der Waals surface area contributed by atoms with Crippen LogP contribution < -0.4 is 5.32 Å². The van der Waals surface area contributed by atoms with E-state index in [1.807, 2.05) is 6.08 Å². The highest BCUT2D eigenvalue weighted by Crippen LogP contribution is 2.19. The van der Waals surface area contributed by atoms with Gasteiger partial charge in [0.25, 0.3) is 0 Å². The summed E-state index contributed by atoms with van der Waals surface area (Å²) in [5.41, 5.74) is 0. The second-order valence-electron chi connectivity index (χ2n) is 26.0. The maximum Gasteiger partial charge on any atom is 0.305 e. The van der Waals surface area contributed by atoms with Crippen LogP contribution in [0.5, 0.6) is 0 Å². The van der Waals surface area contributed by atoms with Crippen LogP contribution in [0.3, 0.4) is 0 Å². The van der Waals surface area contributed by atoms with Crippen LogP contribution in [0.2, 0.25) is 0 Å². The third-order valence-electron chi connectivity index (χ3n) is 17.7. The summed E-state index contributed by atoms with van der Waals surface area (Å²) in [6.07, 6.45) is 91.3. The van der Waals surface area contributed by atoms with Gasteiger partial charge in [-0.25, -0.2) is 0 Å². The maximum atomic E-state index is 12.5. The molecule has 0 spiro atoms. The van der Waals surface area contributed by atoms with E-state index in [1.54, 1.807) is 6.08 Å². The Hall–Kier alpha value is -1.66. The zero-order valence-electron chi connectivity index (χ0n) is 55.8. The lowest BCUT2D eigenvalue weighted by Crippen LogP contribution is -2.45. The number of hydrogen-bond acceptors (Lipinski definition) is 5. The van der Waals surface area contributed by atoms with Crippen molar-refractivity contribution in [3.05, 3.63) is 24.3 Å². The molecule has 6 nitrogen and oxygen atoms in total. The first kappa shape index (κ1) is 80.3. The van der Waals surface area contributed by atoms with Crippen molar-refractivity contribution in [2.24, 2.45) is 0 Å². The number of ether oxygens (including phenoxy) is 1. The fourth-order valence-electron chi connectivity index (χ4n) is 12.0. The summed E-state index contributed by atoms with van der Waals surface area (Å²) >= 11 is 0. The molecular weight excluding hydrogens is 1010 g/mol. The van der Waals surface area contributed by atoms with E-state index in [9.17, 15) is 19.8 Å². The van der Waals surface area contributed by atoms with E-state index in [0.29, 0.717) is 19.4 Å². The van der Waals surface area contributed by atoms with Crippen molar-refractivity contribution < 1.29 is 24.5 Å². The zero-order valence-corrected chi connectivity index (χ0v) is 55.8. The molecule has 0 aliphatic rings. The molecule has 0 saturated carbocycles. The third-order valence-corrected chi connectivity index (χ3v) is 17.7. The largest absolute Gasteiger partial charge is 0.466 e. The maximum absolute atomic E-state index is 12.5. The Labute approximate surface area is 513 Å². The number of amides is 1. The van der Waals surface area contributed by atoms with E-state index in [1.165, 1.54) is 360 Å². The predicted octanol–water partition coefficient (Wildman–Crippen LogP) is 24.5. The summed E-state index contributed by atoms with van der Waals surface area (Å²) in [5, 5.41) is 23.3. The molecule has 0 heterocycles. The Morgan fingerprint density at radius 1 is 0.329 bits per heavy atom. The van der Waals surface area contributed by atoms with Crippen LogP contribution in [-0.4, -0.2) is 47.4 Å². The van der Waals surface area contributed by atoms with Crippen LogP contribution in [0.1, 0.15) is 425 Å². The fraction of sp³-hybridized carbons (Fsp3) is 0.921. The second kappa shape index (κ2) is 71.8. The topological polar surface area (TPSA) is 95.9 Å². The van der Waals surface area contributed by atoms with Crippen molar-refractivity contribution in [2.75, 3.05) is 13.2 Å². The lowest BCUT2D eigenvalue weighted by Gasteiger charge is -2.20. The van der Waals surface area contributed by atoms with Gasteiger partial charge in [0.1, 0.15) is 0 Å². The van der Waals surface area contributed by atoms with E-state index in [-0.39, 0.29) is 18.5 Å². The van der Waals surface area contributed by atoms with Gasteiger partial charge >= 0.3 is 5.97 Å². The Morgan fingerprint density at radius 2 is 0.573 bits per heavy atom. The van der Waals surface area contributed by atoms with Gasteiger partial charge < -0.3 is 20.3 Å². The number of unbranched alkanes of at least 4 members (excludes halogenated alkanes) is 58. The molecule has 0 radical (unpaired) electrons. The molecule has 0 saturated heterocycles. The Kier molecular flexibility index (Phi) is 70.4. The Bertz CT molecular complexity index is 1280. The lowest BCUT2D eigenvalue weighted by atomic mass is 10.0. The van der Waals surface area contributed by atoms with Crippen LogP contribution >= 0.6 is 0 Å². The number of carbonyl (C=O) groups excluding carboxylic acids is 2. The van der Waals surface area contributed by atoms with Gasteiger partial charge in [0, 0.05) is 12.8 Å². The van der Waals surface area contributed by atoms with Crippen molar-refractivity contribution >= 4 is 11.9 Å². The molecule has 2 unspecified atom stereocenters. The molecule has 0 fully saturated rings. The molecule has 486 valence electrons. The number of esters is 1. The molecule has 0 bridgehead atoms. The van der Waals surface area contributed by atoms with Gasteiger partial charge in [0.05, 0.1) is 25.4 Å². The molecule has 82 heavy (non-hydrogen) atoms. The van der Waals surface area contributed by atoms with Crippen LogP contribution in [0.25, 0.3) is 0 Å². The van der Waals surface area contributed by atoms with Gasteiger partial charge in [0.15, 0.2) is 0 Å². The summed E-state index contributed by atoms with van der Waals surface area (Å²) < 4.78 is 5.51. The summed E-state index contributed by atoms with van der Waals surface area (Å²) in [4.78, 5) is 24.7. The summed E-state index contributed by atoms with van der Waals surface area (Å²) in [5.74, 6) is -0.0501. The van der Waals surface area contributed by atoms with Crippen molar-refractivity contribution in [1.82, 2.24) is 5.32 Å². The molecule has 3 N–H and O–H groups in total. The van der Waals surface area contributed by atoms with E-state index in [0.717, 1.165) is 38.5 Å². The van der Waals surface area contributed by atoms with Gasteiger partial charge in [-0.15, -0.1) is 0 Å². The average molecular weight is 1160 g/mol. The molecule has 0 aromatic heterocycles. The van der Waals surface area contributed by atoms with Crippen LogP contribution in [0.15, 0.2) is 24.3 Å². The highest BCUT2D eigenvalue weighted by atomic mass is 16.5. The third kappa shape index (κ3) is 67.5. The number of nitrogens with one attached hydrogen (secondary N) is 1. The zero-order chi connectivity index (χ0) is 59.2.